The number of nitrogens with zero attached hydrogens (tertiary/aromatic N) is 4. The molecule has 0 saturated carbocycles. The smallest absolute Gasteiger partial charge is 0.236 e. The van der Waals surface area contributed by atoms with Crippen LogP contribution < -0.4 is 0 Å². The molecule has 0 spiro atoms. The number of aromatic nitrogens is 2. The predicted molar refractivity (Wildman–Crippen MR) is 109 cm³/mol. The van der Waals surface area contributed by atoms with E-state index in [2.05, 4.69) is 28.3 Å². The molecule has 1 aromatic heterocycles. The summed E-state index contributed by atoms with van der Waals surface area (Å²) >= 11 is 0. The van der Waals surface area contributed by atoms with E-state index in [0.29, 0.717) is 19.0 Å². The van der Waals surface area contributed by atoms with Crippen molar-refractivity contribution in [3.8, 4) is 0 Å². The number of piperazine rings is 1. The highest BCUT2D eigenvalue weighted by Crippen LogP contribution is 2.14. The third-order valence-electron chi connectivity index (χ3n) is 4.84. The van der Waals surface area contributed by atoms with Gasteiger partial charge in [0.2, 0.25) is 10.0 Å². The molecule has 0 N–H and O–H groups in total. The topological polar surface area (TPSA) is 58.4 Å². The van der Waals surface area contributed by atoms with Gasteiger partial charge in [0.05, 0.1) is 0 Å². The number of hydrogen-bond acceptors (Lipinski definition) is 4. The molecule has 146 valence electrons. The maximum atomic E-state index is 12.5. The second-order valence-electron chi connectivity index (χ2n) is 7.13. The summed E-state index contributed by atoms with van der Waals surface area (Å²) in [6, 6.07) is 9.50. The Morgan fingerprint density at radius 1 is 1.07 bits per heavy atom. The quantitative estimate of drug-likeness (QED) is 0.732. The first-order valence-corrected chi connectivity index (χ1v) is 10.9. The summed E-state index contributed by atoms with van der Waals surface area (Å²) in [6.07, 6.45) is 5.53. The van der Waals surface area contributed by atoms with Gasteiger partial charge in [0.1, 0.15) is 5.82 Å². The van der Waals surface area contributed by atoms with E-state index in [0.717, 1.165) is 37.6 Å². The highest BCUT2D eigenvalue weighted by atomic mass is 32.2. The molecule has 2 heterocycles. The molecule has 2 aromatic rings. The highest BCUT2D eigenvalue weighted by molar-refractivity contribution is 7.92. The van der Waals surface area contributed by atoms with E-state index in [9.17, 15) is 8.42 Å². The van der Waals surface area contributed by atoms with E-state index < -0.39 is 10.0 Å². The molecule has 0 amide bonds. The summed E-state index contributed by atoms with van der Waals surface area (Å²) in [4.78, 5) is 6.74. The van der Waals surface area contributed by atoms with Crippen LogP contribution in [0.1, 0.15) is 31.2 Å². The number of imidazole rings is 1. The van der Waals surface area contributed by atoms with Crippen molar-refractivity contribution in [1.29, 1.82) is 0 Å². The Balaban J connectivity index is 1.51. The molecule has 0 radical (unpaired) electrons. The van der Waals surface area contributed by atoms with Crippen molar-refractivity contribution >= 4 is 16.1 Å². The first kappa shape index (κ1) is 19.8. The van der Waals surface area contributed by atoms with E-state index in [1.165, 1.54) is 5.41 Å². The zero-order valence-corrected chi connectivity index (χ0v) is 16.8. The second kappa shape index (κ2) is 8.82. The van der Waals surface area contributed by atoms with Crippen molar-refractivity contribution in [2.24, 2.45) is 0 Å². The lowest BCUT2D eigenvalue weighted by Crippen LogP contribution is -2.48. The standard InChI is InChI=1S/C20H28N4O2S/c1-18(2)20-21-9-10-23(20)14-11-22-12-15-24(16-13-22)27(25,26)17-8-19-6-4-3-5-7-19/h3-10,17-18H,11-16H2,1-2H3/b17-8+. The van der Waals surface area contributed by atoms with E-state index in [1.54, 1.807) is 10.4 Å². The Hall–Kier alpha value is -1.96. The summed E-state index contributed by atoms with van der Waals surface area (Å²) in [6.45, 7) is 8.65. The lowest BCUT2D eigenvalue weighted by Gasteiger charge is -2.33. The molecule has 0 bridgehead atoms. The van der Waals surface area contributed by atoms with Crippen LogP contribution in [0.4, 0.5) is 0 Å². The Labute approximate surface area is 162 Å². The van der Waals surface area contributed by atoms with Crippen molar-refractivity contribution in [3.05, 3.63) is 59.5 Å². The van der Waals surface area contributed by atoms with E-state index >= 15 is 0 Å². The lowest BCUT2D eigenvalue weighted by atomic mass is 10.2. The Morgan fingerprint density at radius 2 is 1.78 bits per heavy atom. The molecule has 6 nitrogen and oxygen atoms in total. The predicted octanol–water partition coefficient (Wildman–Crippen LogP) is 2.62. The maximum absolute atomic E-state index is 12.5. The molecule has 0 aliphatic carbocycles. The van der Waals surface area contributed by atoms with Crippen LogP contribution in [-0.2, 0) is 16.6 Å². The molecular formula is C20H28N4O2S. The molecule has 0 atom stereocenters. The molecule has 1 aromatic carbocycles. The molecule has 27 heavy (non-hydrogen) atoms. The first-order chi connectivity index (χ1) is 13.0. The Bertz CT molecular complexity index is 851. The van der Waals surface area contributed by atoms with Gasteiger partial charge in [-0.3, -0.25) is 4.90 Å². The van der Waals surface area contributed by atoms with E-state index in [4.69, 9.17) is 0 Å². The van der Waals surface area contributed by atoms with Crippen LogP contribution >= 0.6 is 0 Å². The summed E-state index contributed by atoms with van der Waals surface area (Å²) in [5.74, 6) is 1.50. The molecule has 1 aliphatic heterocycles. The average Bonchev–Trinajstić information content (AvgIpc) is 3.15. The van der Waals surface area contributed by atoms with Crippen LogP contribution in [0.25, 0.3) is 6.08 Å². The SMILES string of the molecule is CC(C)c1nccn1CCN1CCN(S(=O)(=O)/C=C/c2ccccc2)CC1. The van der Waals surface area contributed by atoms with Crippen molar-refractivity contribution < 1.29 is 8.42 Å². The van der Waals surface area contributed by atoms with Gasteiger partial charge in [0.15, 0.2) is 0 Å². The average molecular weight is 389 g/mol. The highest BCUT2D eigenvalue weighted by Gasteiger charge is 2.24. The first-order valence-electron chi connectivity index (χ1n) is 9.42. The van der Waals surface area contributed by atoms with Gasteiger partial charge >= 0.3 is 0 Å². The van der Waals surface area contributed by atoms with Crippen LogP contribution in [-0.4, -0.2) is 59.9 Å². The van der Waals surface area contributed by atoms with E-state index in [1.807, 2.05) is 42.7 Å². The fourth-order valence-corrected chi connectivity index (χ4v) is 4.46. The zero-order chi connectivity index (χ0) is 19.3. The van der Waals surface area contributed by atoms with Gasteiger partial charge in [-0.15, -0.1) is 0 Å². The largest absolute Gasteiger partial charge is 0.333 e. The van der Waals surface area contributed by atoms with Crippen molar-refractivity contribution in [2.75, 3.05) is 32.7 Å². The third-order valence-corrected chi connectivity index (χ3v) is 6.41. The molecule has 1 aliphatic rings. The minimum atomic E-state index is -3.37. The van der Waals surface area contributed by atoms with Crippen molar-refractivity contribution in [3.63, 3.8) is 0 Å². The van der Waals surface area contributed by atoms with Gasteiger partial charge in [0, 0.05) is 63.0 Å². The number of sulfonamides is 1. The summed E-state index contributed by atoms with van der Waals surface area (Å²) in [5, 5.41) is 1.32. The molecule has 3 rings (SSSR count). The van der Waals surface area contributed by atoms with Crippen LogP contribution in [0, 0.1) is 0 Å². The molecule has 1 saturated heterocycles. The summed E-state index contributed by atoms with van der Waals surface area (Å²) in [7, 11) is -3.37. The van der Waals surface area contributed by atoms with Gasteiger partial charge in [-0.1, -0.05) is 44.2 Å². The van der Waals surface area contributed by atoms with Gasteiger partial charge < -0.3 is 4.57 Å². The Morgan fingerprint density at radius 3 is 2.44 bits per heavy atom. The number of benzene rings is 1. The molecule has 1 fully saturated rings. The minimum Gasteiger partial charge on any atom is -0.333 e. The molecule has 7 heteroatoms. The van der Waals surface area contributed by atoms with Gasteiger partial charge in [-0.25, -0.2) is 13.4 Å². The van der Waals surface area contributed by atoms with E-state index in [-0.39, 0.29) is 0 Å². The zero-order valence-electron chi connectivity index (χ0n) is 16.0. The summed E-state index contributed by atoms with van der Waals surface area (Å²) in [5.41, 5.74) is 0.890. The monoisotopic (exact) mass is 388 g/mol. The third kappa shape index (κ3) is 5.28. The van der Waals surface area contributed by atoms with Crippen molar-refractivity contribution in [2.45, 2.75) is 26.3 Å². The Kier molecular flexibility index (Phi) is 6.46. The minimum absolute atomic E-state index is 0.401. The van der Waals surface area contributed by atoms with Gasteiger partial charge in [0.25, 0.3) is 0 Å². The fraction of sp³-hybridized carbons (Fsp3) is 0.450. The van der Waals surface area contributed by atoms with Crippen LogP contribution in [0.5, 0.6) is 0 Å². The maximum Gasteiger partial charge on any atom is 0.236 e. The summed E-state index contributed by atoms with van der Waals surface area (Å²) < 4.78 is 28.8. The van der Waals surface area contributed by atoms with Gasteiger partial charge in [-0.2, -0.15) is 4.31 Å². The van der Waals surface area contributed by atoms with Crippen LogP contribution in [0.2, 0.25) is 0 Å². The number of rotatable bonds is 7. The normalized spacial score (nSPS) is 17.1. The van der Waals surface area contributed by atoms with Crippen LogP contribution in [0.15, 0.2) is 48.1 Å². The second-order valence-corrected chi connectivity index (χ2v) is 8.95. The van der Waals surface area contributed by atoms with Crippen molar-refractivity contribution in [1.82, 2.24) is 18.8 Å². The van der Waals surface area contributed by atoms with Crippen LogP contribution in [0.3, 0.4) is 0 Å². The lowest BCUT2D eigenvalue weighted by molar-refractivity contribution is 0.183. The molecular weight excluding hydrogens is 360 g/mol. The fourth-order valence-electron chi connectivity index (χ4n) is 3.28. The molecule has 0 unspecified atom stereocenters. The number of hydrogen-bond donors (Lipinski definition) is 0. The van der Waals surface area contributed by atoms with Gasteiger partial charge in [-0.05, 0) is 11.6 Å².